The maximum absolute atomic E-state index is 14.6. The van der Waals surface area contributed by atoms with Gasteiger partial charge in [-0.25, -0.2) is 4.79 Å². The highest BCUT2D eigenvalue weighted by Gasteiger charge is 2.52. The monoisotopic (exact) mass is 788 g/mol. The number of rotatable bonds is 12. The second-order valence-electron chi connectivity index (χ2n) is 16.8. The molecule has 1 saturated carbocycles. The van der Waals surface area contributed by atoms with Gasteiger partial charge in [0.2, 0.25) is 29.5 Å². The molecule has 1 aliphatic carbocycles. The van der Waals surface area contributed by atoms with Crippen LogP contribution in [0, 0.1) is 5.92 Å². The minimum Gasteiger partial charge on any atom is -0.443 e. The number of ether oxygens (including phenoxy) is 1. The van der Waals surface area contributed by atoms with Gasteiger partial charge in [0, 0.05) is 44.1 Å². The Kier molecular flexibility index (Phi) is 11.7. The number of nitrogens with one attached hydrogen (secondary N) is 3. The molecule has 4 heterocycles. The van der Waals surface area contributed by atoms with Gasteiger partial charge in [-0.3, -0.25) is 28.5 Å². The van der Waals surface area contributed by atoms with Gasteiger partial charge in [0.15, 0.2) is 0 Å². The maximum Gasteiger partial charge on any atom is 0.419 e. The van der Waals surface area contributed by atoms with Crippen molar-refractivity contribution in [1.82, 2.24) is 30.3 Å². The molecular weight excluding hydrogens is 737 g/mol. The highest BCUT2D eigenvalue weighted by Crippen LogP contribution is 2.41. The normalized spacial score (nSPS) is 21.1. The number of para-hydroxylation sites is 1. The van der Waals surface area contributed by atoms with Gasteiger partial charge in [-0.2, -0.15) is 0 Å². The molecule has 4 atom stereocenters. The van der Waals surface area contributed by atoms with E-state index in [2.05, 4.69) is 16.0 Å². The molecule has 2 unspecified atom stereocenters. The third kappa shape index (κ3) is 8.93. The first-order chi connectivity index (χ1) is 27.8. The maximum atomic E-state index is 14.6. The zero-order chi connectivity index (χ0) is 41.1. The SMILES string of the molecule is CN(Cc1ccccc1)C(=O)[C@H](Cc1ccccc1)NC(=O)[C@@H](Cc1cn(C(=O)OC(C)(C)C)c2ccccc12)NC(=O)CC1NC(=O)C2C3CCC(CC3)N2C1=O. The van der Waals surface area contributed by atoms with Gasteiger partial charge >= 0.3 is 6.09 Å². The predicted octanol–water partition coefficient (Wildman–Crippen LogP) is 4.50. The van der Waals surface area contributed by atoms with Crippen molar-refractivity contribution in [1.29, 1.82) is 0 Å². The molecule has 5 amide bonds. The van der Waals surface area contributed by atoms with Crippen LogP contribution in [0.4, 0.5) is 4.79 Å². The van der Waals surface area contributed by atoms with Crippen molar-refractivity contribution >= 4 is 46.5 Å². The van der Waals surface area contributed by atoms with E-state index >= 15 is 0 Å². The standard InChI is InChI=1S/C45H52N6O7/c1-45(2,3)58-44(57)50-27-31(33-17-11-12-18-37(33)50)24-34(46-38(52)25-36-43(56)51-32-21-19-30(20-22-32)39(51)41(54)48-36)40(53)47-35(23-28-13-7-5-8-14-28)42(55)49(4)26-29-15-9-6-10-16-29/h5-18,27,30,32,34-36,39H,19-26H2,1-4H3,(H,46,52)(H,47,53)(H,48,54)/t30?,32?,34-,35+,36?,39?/m1/s1. The summed E-state index contributed by atoms with van der Waals surface area (Å²) in [6.07, 6.45) is 4.20. The molecule has 3 N–H and O–H groups in total. The number of piperazine rings is 1. The van der Waals surface area contributed by atoms with E-state index in [4.69, 9.17) is 4.74 Å². The number of hydrogen-bond acceptors (Lipinski definition) is 7. The Morgan fingerprint density at radius 3 is 2.14 bits per heavy atom. The summed E-state index contributed by atoms with van der Waals surface area (Å²) in [6.45, 7) is 5.62. The first-order valence-electron chi connectivity index (χ1n) is 20.1. The molecule has 2 bridgehead atoms. The summed E-state index contributed by atoms with van der Waals surface area (Å²) >= 11 is 0. The van der Waals surface area contributed by atoms with Gasteiger partial charge in [-0.1, -0.05) is 78.9 Å². The number of carbonyl (C=O) groups is 6. The topological polar surface area (TPSA) is 159 Å². The molecule has 1 aromatic heterocycles. The van der Waals surface area contributed by atoms with Gasteiger partial charge in [0.25, 0.3) is 0 Å². The molecule has 3 aromatic carbocycles. The van der Waals surface area contributed by atoms with Crippen LogP contribution in [-0.2, 0) is 48.1 Å². The second-order valence-corrected chi connectivity index (χ2v) is 16.8. The minimum absolute atomic E-state index is 0.0287. The van der Waals surface area contributed by atoms with Crippen LogP contribution < -0.4 is 16.0 Å². The molecule has 4 aliphatic rings. The van der Waals surface area contributed by atoms with Crippen LogP contribution in [-0.4, -0.2) is 92.9 Å². The number of aromatic nitrogens is 1. The minimum atomic E-state index is -1.25. The zero-order valence-corrected chi connectivity index (χ0v) is 33.5. The lowest BCUT2D eigenvalue weighted by atomic mass is 9.73. The Balaban J connectivity index is 1.17. The molecule has 0 spiro atoms. The predicted molar refractivity (Wildman–Crippen MR) is 217 cm³/mol. The van der Waals surface area contributed by atoms with E-state index in [-0.39, 0.29) is 48.9 Å². The van der Waals surface area contributed by atoms with Crippen molar-refractivity contribution in [2.45, 2.75) is 108 Å². The van der Waals surface area contributed by atoms with Crippen LogP contribution >= 0.6 is 0 Å². The van der Waals surface area contributed by atoms with Crippen LogP contribution in [0.25, 0.3) is 10.9 Å². The van der Waals surface area contributed by atoms with E-state index in [9.17, 15) is 28.8 Å². The van der Waals surface area contributed by atoms with Crippen molar-refractivity contribution in [3.8, 4) is 0 Å². The molecular formula is C45H52N6O7. The second kappa shape index (κ2) is 16.9. The van der Waals surface area contributed by atoms with Gasteiger partial charge in [0.05, 0.1) is 11.9 Å². The Morgan fingerprint density at radius 1 is 0.828 bits per heavy atom. The third-order valence-electron chi connectivity index (χ3n) is 11.4. The van der Waals surface area contributed by atoms with Crippen molar-refractivity contribution in [3.05, 3.63) is 108 Å². The average Bonchev–Trinajstić information content (AvgIpc) is 3.57. The number of amides is 5. The van der Waals surface area contributed by atoms with Gasteiger partial charge in [-0.15, -0.1) is 0 Å². The molecule has 13 heteroatoms. The van der Waals surface area contributed by atoms with Crippen molar-refractivity contribution in [2.24, 2.45) is 5.92 Å². The van der Waals surface area contributed by atoms with Crippen LogP contribution in [0.2, 0.25) is 0 Å². The van der Waals surface area contributed by atoms with Crippen molar-refractivity contribution in [3.63, 3.8) is 0 Å². The number of likely N-dealkylation sites (N-methyl/N-ethyl adjacent to an activating group) is 1. The summed E-state index contributed by atoms with van der Waals surface area (Å²) in [5.74, 6) is -2.00. The highest BCUT2D eigenvalue weighted by atomic mass is 16.6. The Morgan fingerprint density at radius 2 is 1.47 bits per heavy atom. The van der Waals surface area contributed by atoms with E-state index in [1.807, 2.05) is 72.8 Å². The summed E-state index contributed by atoms with van der Waals surface area (Å²) in [7, 11) is 1.68. The average molecular weight is 789 g/mol. The molecule has 4 fully saturated rings. The Hall–Kier alpha value is -5.98. The van der Waals surface area contributed by atoms with Crippen LogP contribution in [0.1, 0.15) is 69.6 Å². The first-order valence-corrected chi connectivity index (χ1v) is 20.1. The zero-order valence-electron chi connectivity index (χ0n) is 33.5. The number of piperidine rings is 2. The largest absolute Gasteiger partial charge is 0.443 e. The fraction of sp³-hybridized carbons (Fsp3) is 0.422. The van der Waals surface area contributed by atoms with E-state index < -0.39 is 47.7 Å². The van der Waals surface area contributed by atoms with Crippen molar-refractivity contribution in [2.75, 3.05) is 7.05 Å². The summed E-state index contributed by atoms with van der Waals surface area (Å²) in [5.41, 5.74) is 2.10. The number of carbonyl (C=O) groups excluding carboxylic acids is 6. The number of benzene rings is 3. The molecule has 58 heavy (non-hydrogen) atoms. The van der Waals surface area contributed by atoms with Gasteiger partial charge in [0.1, 0.15) is 29.8 Å². The highest BCUT2D eigenvalue weighted by molar-refractivity contribution is 6.01. The van der Waals surface area contributed by atoms with E-state index in [0.29, 0.717) is 23.0 Å². The fourth-order valence-electron chi connectivity index (χ4n) is 8.71. The summed E-state index contributed by atoms with van der Waals surface area (Å²) in [6, 6.07) is 22.2. The van der Waals surface area contributed by atoms with Crippen LogP contribution in [0.15, 0.2) is 91.1 Å². The van der Waals surface area contributed by atoms with E-state index in [0.717, 1.165) is 36.8 Å². The summed E-state index contributed by atoms with van der Waals surface area (Å²) in [4.78, 5) is 86.5. The molecule has 8 rings (SSSR count). The first kappa shape index (κ1) is 40.2. The van der Waals surface area contributed by atoms with E-state index in [1.165, 1.54) is 4.57 Å². The lowest BCUT2D eigenvalue weighted by Crippen LogP contribution is -2.71. The van der Waals surface area contributed by atoms with Crippen molar-refractivity contribution < 1.29 is 33.5 Å². The lowest BCUT2D eigenvalue weighted by molar-refractivity contribution is -0.163. The van der Waals surface area contributed by atoms with Crippen LogP contribution in [0.3, 0.4) is 0 Å². The molecule has 0 radical (unpaired) electrons. The fourth-order valence-corrected chi connectivity index (χ4v) is 8.71. The van der Waals surface area contributed by atoms with Crippen LogP contribution in [0.5, 0.6) is 0 Å². The molecule has 3 aliphatic heterocycles. The summed E-state index contributed by atoms with van der Waals surface area (Å²) in [5, 5.41) is 9.27. The molecule has 3 saturated heterocycles. The quantitative estimate of drug-likeness (QED) is 0.191. The number of hydrogen-bond donors (Lipinski definition) is 3. The van der Waals surface area contributed by atoms with Gasteiger partial charge < -0.3 is 30.5 Å². The summed E-state index contributed by atoms with van der Waals surface area (Å²) < 4.78 is 7.07. The molecule has 13 nitrogen and oxygen atoms in total. The third-order valence-corrected chi connectivity index (χ3v) is 11.4. The van der Waals surface area contributed by atoms with Gasteiger partial charge in [-0.05, 0) is 75.1 Å². The lowest BCUT2D eigenvalue weighted by Gasteiger charge is -2.53. The van der Waals surface area contributed by atoms with E-state index in [1.54, 1.807) is 55.9 Å². The Bertz CT molecular complexity index is 2170. The Labute approximate surface area is 338 Å². The number of nitrogens with zero attached hydrogens (tertiary/aromatic N) is 3. The number of fused-ring (bicyclic) bond motifs is 3. The molecule has 4 aromatic rings. The smallest absolute Gasteiger partial charge is 0.419 e. The molecule has 304 valence electrons.